The van der Waals surface area contributed by atoms with E-state index >= 15 is 0 Å². The maximum atomic E-state index is 12.6. The van der Waals surface area contributed by atoms with E-state index in [1.807, 2.05) is 13.8 Å². The lowest BCUT2D eigenvalue weighted by molar-refractivity contribution is -0.164. The van der Waals surface area contributed by atoms with Crippen molar-refractivity contribution < 1.29 is 33.2 Å². The highest BCUT2D eigenvalue weighted by Gasteiger charge is 2.48. The summed E-state index contributed by atoms with van der Waals surface area (Å²) in [7, 11) is 1.52. The molecule has 0 unspecified atom stereocenters. The van der Waals surface area contributed by atoms with Gasteiger partial charge in [0.15, 0.2) is 24.4 Å². The average molecular weight is 629 g/mol. The van der Waals surface area contributed by atoms with Crippen LogP contribution in [0.4, 0.5) is 0 Å². The molecule has 0 spiro atoms. The SMILES string of the molecule is COCOC1=C(OCCCC(C)=CCCC(C)=CCCC=C(C)CCC=C(C)CCC=C(C)C)C(=O)O[C@@H]1[C@@H]1COC(C)(C)O1. The summed E-state index contributed by atoms with van der Waals surface area (Å²) in [6.07, 6.45) is 21.2. The summed E-state index contributed by atoms with van der Waals surface area (Å²) in [5.74, 6) is -0.894. The Labute approximate surface area is 273 Å². The number of rotatable bonds is 21. The molecular formula is C38H60O7. The number of cyclic esters (lactones) is 1. The van der Waals surface area contributed by atoms with Crippen molar-refractivity contribution in [1.29, 1.82) is 0 Å². The van der Waals surface area contributed by atoms with Gasteiger partial charge in [0.2, 0.25) is 5.76 Å². The van der Waals surface area contributed by atoms with Gasteiger partial charge < -0.3 is 28.4 Å². The predicted octanol–water partition coefficient (Wildman–Crippen LogP) is 9.56. The van der Waals surface area contributed by atoms with Gasteiger partial charge in [-0.15, -0.1) is 0 Å². The molecule has 0 amide bonds. The van der Waals surface area contributed by atoms with Crippen LogP contribution >= 0.6 is 0 Å². The van der Waals surface area contributed by atoms with Crippen molar-refractivity contribution in [2.24, 2.45) is 0 Å². The normalized spacial score (nSPS) is 21.0. The monoisotopic (exact) mass is 628 g/mol. The van der Waals surface area contributed by atoms with Crippen molar-refractivity contribution in [3.8, 4) is 0 Å². The van der Waals surface area contributed by atoms with Gasteiger partial charge in [-0.1, -0.05) is 58.2 Å². The van der Waals surface area contributed by atoms with Gasteiger partial charge in [0.1, 0.15) is 6.10 Å². The quantitative estimate of drug-likeness (QED) is 0.0542. The van der Waals surface area contributed by atoms with Crippen molar-refractivity contribution >= 4 is 5.97 Å². The molecule has 0 N–H and O–H groups in total. The zero-order valence-electron chi connectivity index (χ0n) is 29.6. The van der Waals surface area contributed by atoms with E-state index in [4.69, 9.17) is 28.4 Å². The fourth-order valence-corrected chi connectivity index (χ4v) is 5.24. The molecule has 0 aromatic rings. The summed E-state index contributed by atoms with van der Waals surface area (Å²) in [6.45, 7) is 17.5. The van der Waals surface area contributed by atoms with Gasteiger partial charge in [-0.3, -0.25) is 0 Å². The van der Waals surface area contributed by atoms with Crippen molar-refractivity contribution in [2.75, 3.05) is 27.1 Å². The van der Waals surface area contributed by atoms with Gasteiger partial charge in [0, 0.05) is 7.11 Å². The number of esters is 1. The standard InChI is InChI=1S/C38H60O7/c1-28(2)16-12-19-31(5)22-13-20-29(3)17-10-11-18-30(4)21-14-23-32(6)24-15-25-41-36-35(42-27-40-9)34(44-37(36)39)33-26-43-38(7,8)45-33/h16-18,22-23,33-34H,10-15,19-21,24-27H2,1-9H3/t33-,34+/m0/s1. The number of allylic oxidation sites excluding steroid dienone is 10. The Balaban J connectivity index is 1.68. The summed E-state index contributed by atoms with van der Waals surface area (Å²) >= 11 is 0. The lowest BCUT2D eigenvalue weighted by Gasteiger charge is -2.21. The number of ether oxygens (including phenoxy) is 6. The summed E-state index contributed by atoms with van der Waals surface area (Å²) in [6, 6.07) is 0. The molecular weight excluding hydrogens is 568 g/mol. The number of methoxy groups -OCH3 is 1. The van der Waals surface area contributed by atoms with E-state index in [9.17, 15) is 4.79 Å². The highest BCUT2D eigenvalue weighted by Crippen LogP contribution is 2.34. The first kappa shape index (κ1) is 38.6. The van der Waals surface area contributed by atoms with Crippen LogP contribution in [-0.2, 0) is 33.2 Å². The van der Waals surface area contributed by atoms with Gasteiger partial charge in [-0.2, -0.15) is 0 Å². The minimum Gasteiger partial charge on any atom is -0.484 e. The summed E-state index contributed by atoms with van der Waals surface area (Å²) < 4.78 is 33.7. The van der Waals surface area contributed by atoms with E-state index < -0.39 is 24.0 Å². The first-order chi connectivity index (χ1) is 21.4. The Morgan fingerprint density at radius 1 is 0.778 bits per heavy atom. The molecule has 2 aliphatic heterocycles. The molecule has 2 atom stereocenters. The minimum atomic E-state index is -0.746. The Morgan fingerprint density at radius 2 is 1.31 bits per heavy atom. The molecule has 7 heteroatoms. The molecule has 0 saturated carbocycles. The van der Waals surface area contributed by atoms with Gasteiger partial charge in [-0.05, 0) is 120 Å². The van der Waals surface area contributed by atoms with Crippen molar-refractivity contribution in [3.63, 3.8) is 0 Å². The third kappa shape index (κ3) is 15.5. The van der Waals surface area contributed by atoms with Crippen LogP contribution in [-0.4, -0.2) is 51.1 Å². The number of hydrogen-bond acceptors (Lipinski definition) is 7. The molecule has 7 nitrogen and oxygen atoms in total. The van der Waals surface area contributed by atoms with Gasteiger partial charge >= 0.3 is 5.97 Å². The smallest absolute Gasteiger partial charge is 0.378 e. The Hall–Kier alpha value is -2.61. The molecule has 0 bridgehead atoms. The molecule has 0 aromatic carbocycles. The first-order valence-electron chi connectivity index (χ1n) is 16.7. The Morgan fingerprint density at radius 3 is 1.82 bits per heavy atom. The van der Waals surface area contributed by atoms with Gasteiger partial charge in [0.05, 0.1) is 13.2 Å². The molecule has 1 fully saturated rings. The molecule has 254 valence electrons. The van der Waals surface area contributed by atoms with Crippen LogP contribution in [0.5, 0.6) is 0 Å². The zero-order chi connectivity index (χ0) is 33.2. The Bertz CT molecular complexity index is 1110. The highest BCUT2D eigenvalue weighted by molar-refractivity contribution is 5.89. The number of carbonyl (C=O) groups is 1. The third-order valence-corrected chi connectivity index (χ3v) is 7.87. The van der Waals surface area contributed by atoms with Crippen LogP contribution < -0.4 is 0 Å². The van der Waals surface area contributed by atoms with E-state index in [0.717, 1.165) is 64.2 Å². The van der Waals surface area contributed by atoms with Gasteiger partial charge in [-0.25, -0.2) is 4.79 Å². The second-order valence-electron chi connectivity index (χ2n) is 13.1. The highest BCUT2D eigenvalue weighted by atomic mass is 16.8. The minimum absolute atomic E-state index is 0.0204. The van der Waals surface area contributed by atoms with Crippen molar-refractivity contribution in [1.82, 2.24) is 0 Å². The fourth-order valence-electron chi connectivity index (χ4n) is 5.24. The first-order valence-corrected chi connectivity index (χ1v) is 16.7. The lowest BCUT2D eigenvalue weighted by atomic mass is 10.0. The van der Waals surface area contributed by atoms with Crippen LogP contribution in [0, 0.1) is 0 Å². The second-order valence-corrected chi connectivity index (χ2v) is 13.1. The van der Waals surface area contributed by atoms with E-state index in [2.05, 4.69) is 71.9 Å². The molecule has 2 heterocycles. The van der Waals surface area contributed by atoms with E-state index in [1.165, 1.54) is 35.0 Å². The molecule has 0 radical (unpaired) electrons. The van der Waals surface area contributed by atoms with E-state index in [-0.39, 0.29) is 12.6 Å². The lowest BCUT2D eigenvalue weighted by Crippen LogP contribution is -2.33. The van der Waals surface area contributed by atoms with Crippen LogP contribution in [0.3, 0.4) is 0 Å². The number of carbonyl (C=O) groups excluding carboxylic acids is 1. The number of hydrogen-bond donors (Lipinski definition) is 0. The zero-order valence-corrected chi connectivity index (χ0v) is 29.6. The van der Waals surface area contributed by atoms with E-state index in [1.54, 1.807) is 0 Å². The summed E-state index contributed by atoms with van der Waals surface area (Å²) in [5, 5.41) is 0. The largest absolute Gasteiger partial charge is 0.484 e. The molecule has 2 rings (SSSR count). The molecule has 0 aliphatic carbocycles. The van der Waals surface area contributed by atoms with Crippen molar-refractivity contribution in [2.45, 2.75) is 138 Å². The molecule has 2 aliphatic rings. The van der Waals surface area contributed by atoms with Crippen molar-refractivity contribution in [3.05, 3.63) is 69.8 Å². The van der Waals surface area contributed by atoms with E-state index in [0.29, 0.717) is 19.0 Å². The van der Waals surface area contributed by atoms with Gasteiger partial charge in [0.25, 0.3) is 0 Å². The van der Waals surface area contributed by atoms with Crippen LogP contribution in [0.2, 0.25) is 0 Å². The molecule has 0 aromatic heterocycles. The fraction of sp³-hybridized carbons (Fsp3) is 0.658. The third-order valence-electron chi connectivity index (χ3n) is 7.87. The maximum Gasteiger partial charge on any atom is 0.378 e. The average Bonchev–Trinajstić information content (AvgIpc) is 3.49. The molecule has 45 heavy (non-hydrogen) atoms. The van der Waals surface area contributed by atoms with Crippen LogP contribution in [0.15, 0.2) is 69.8 Å². The predicted molar refractivity (Wildman–Crippen MR) is 181 cm³/mol. The topological polar surface area (TPSA) is 72.5 Å². The summed E-state index contributed by atoms with van der Waals surface area (Å²) in [5.41, 5.74) is 7.14. The maximum absolute atomic E-state index is 12.6. The summed E-state index contributed by atoms with van der Waals surface area (Å²) in [4.78, 5) is 12.6. The Kier molecular flexibility index (Phi) is 17.6. The number of unbranched alkanes of at least 4 members (excludes halogenated alkanes) is 1. The van der Waals surface area contributed by atoms with Crippen LogP contribution in [0.25, 0.3) is 0 Å². The molecule has 1 saturated heterocycles. The van der Waals surface area contributed by atoms with Crippen LogP contribution in [0.1, 0.15) is 120 Å². The second kappa shape index (κ2) is 20.5.